The highest BCUT2D eigenvalue weighted by Crippen LogP contribution is 2.44. The standard InChI is InChI=1S/C51H30N2/c52-31-32-25-36-23-24-37-27-38(28-49-51(37)50(36)48(26-32)53(49)39-13-5-2-6-14-39)33-19-21-35(22-20-33)45-30-47-42-17-9-7-15-40(42)44(34-11-3-1-4-12-34)29-46(47)43-18-10-8-16-41(43)45/h1-30H. The van der Waals surface area contributed by atoms with E-state index in [2.05, 4.69) is 174 Å². The Kier molecular flexibility index (Phi) is 6.35. The molecule has 0 unspecified atom stereocenters. The van der Waals surface area contributed by atoms with Gasteiger partial charge in [0.05, 0.1) is 22.7 Å². The van der Waals surface area contributed by atoms with Crippen LogP contribution in [-0.2, 0) is 0 Å². The maximum absolute atomic E-state index is 9.89. The van der Waals surface area contributed by atoms with E-state index in [1.54, 1.807) is 0 Å². The van der Waals surface area contributed by atoms with Crippen LogP contribution in [-0.4, -0.2) is 4.57 Å². The summed E-state index contributed by atoms with van der Waals surface area (Å²) in [6, 6.07) is 68.1. The fourth-order valence-corrected chi connectivity index (χ4v) is 8.74. The minimum atomic E-state index is 0.669. The summed E-state index contributed by atoms with van der Waals surface area (Å²) in [7, 11) is 0. The first-order valence-corrected chi connectivity index (χ1v) is 18.1. The zero-order valence-electron chi connectivity index (χ0n) is 28.7. The summed E-state index contributed by atoms with van der Waals surface area (Å²) in [5.74, 6) is 0. The van der Waals surface area contributed by atoms with Crippen molar-refractivity contribution in [2.24, 2.45) is 0 Å². The average molecular weight is 671 g/mol. The van der Waals surface area contributed by atoms with Crippen LogP contribution in [0.2, 0.25) is 0 Å². The Morgan fingerprint density at radius 1 is 0.358 bits per heavy atom. The van der Waals surface area contributed by atoms with Crippen LogP contribution >= 0.6 is 0 Å². The highest BCUT2D eigenvalue weighted by atomic mass is 15.0. The molecule has 0 aliphatic rings. The summed E-state index contributed by atoms with van der Waals surface area (Å²) in [5, 5.41) is 22.2. The molecular formula is C51H30N2. The van der Waals surface area contributed by atoms with E-state index >= 15 is 0 Å². The van der Waals surface area contributed by atoms with Crippen LogP contribution in [0.4, 0.5) is 0 Å². The molecule has 0 fully saturated rings. The number of aromatic nitrogens is 1. The van der Waals surface area contributed by atoms with Crippen molar-refractivity contribution in [3.8, 4) is 45.1 Å². The van der Waals surface area contributed by atoms with Gasteiger partial charge in [-0.15, -0.1) is 0 Å². The summed E-state index contributed by atoms with van der Waals surface area (Å²) in [6.45, 7) is 0. The van der Waals surface area contributed by atoms with E-state index < -0.39 is 0 Å². The third kappa shape index (κ3) is 4.45. The number of para-hydroxylation sites is 1. The van der Waals surface area contributed by atoms with E-state index in [1.807, 2.05) is 18.2 Å². The SMILES string of the molecule is N#Cc1cc2ccc3cc(-c4ccc(-c5cc6c7ccccc7c(-c7ccccc7)cc6c6ccccc56)cc4)cc4c3c2c(c1)n4-c1ccccc1. The maximum Gasteiger partial charge on any atom is 0.0992 e. The smallest absolute Gasteiger partial charge is 0.0992 e. The van der Waals surface area contributed by atoms with Crippen LogP contribution < -0.4 is 0 Å². The largest absolute Gasteiger partial charge is 0.309 e. The van der Waals surface area contributed by atoms with Gasteiger partial charge in [-0.2, -0.15) is 5.26 Å². The third-order valence-corrected chi connectivity index (χ3v) is 11.1. The van der Waals surface area contributed by atoms with Crippen LogP contribution in [0.3, 0.4) is 0 Å². The van der Waals surface area contributed by atoms with Crippen LogP contribution in [0.15, 0.2) is 182 Å². The molecule has 0 bridgehead atoms. The number of nitrogens with zero attached hydrogens (tertiary/aromatic N) is 2. The summed E-state index contributed by atoms with van der Waals surface area (Å²) < 4.78 is 2.32. The molecule has 0 N–H and O–H groups in total. The van der Waals surface area contributed by atoms with Crippen molar-refractivity contribution in [1.82, 2.24) is 4.57 Å². The lowest BCUT2D eigenvalue weighted by molar-refractivity contribution is 1.18. The lowest BCUT2D eigenvalue weighted by atomic mass is 9.87. The van der Waals surface area contributed by atoms with Crippen molar-refractivity contribution in [3.63, 3.8) is 0 Å². The zero-order valence-corrected chi connectivity index (χ0v) is 28.7. The average Bonchev–Trinajstić information content (AvgIpc) is 3.57. The molecule has 10 aromatic carbocycles. The van der Waals surface area contributed by atoms with Gasteiger partial charge in [-0.3, -0.25) is 0 Å². The monoisotopic (exact) mass is 670 g/mol. The zero-order chi connectivity index (χ0) is 35.0. The van der Waals surface area contributed by atoms with Gasteiger partial charge in [0.2, 0.25) is 0 Å². The highest BCUT2D eigenvalue weighted by Gasteiger charge is 2.20. The molecule has 11 aromatic rings. The Balaban J connectivity index is 1.10. The summed E-state index contributed by atoms with van der Waals surface area (Å²) >= 11 is 0. The van der Waals surface area contributed by atoms with Gasteiger partial charge in [0.25, 0.3) is 0 Å². The van der Waals surface area contributed by atoms with Gasteiger partial charge in [0.1, 0.15) is 0 Å². The molecule has 0 atom stereocenters. The highest BCUT2D eigenvalue weighted by molar-refractivity contribution is 6.26. The molecule has 0 saturated carbocycles. The molecule has 1 aromatic heterocycles. The molecule has 1 heterocycles. The van der Waals surface area contributed by atoms with Gasteiger partial charge in [0.15, 0.2) is 0 Å². The molecule has 0 spiro atoms. The Labute approximate surface area is 306 Å². The van der Waals surface area contributed by atoms with Crippen molar-refractivity contribution in [3.05, 3.63) is 188 Å². The van der Waals surface area contributed by atoms with E-state index in [0.29, 0.717) is 5.56 Å². The second kappa shape index (κ2) is 11.4. The van der Waals surface area contributed by atoms with Crippen LogP contribution in [0.25, 0.3) is 104 Å². The van der Waals surface area contributed by atoms with Crippen LogP contribution in [0.5, 0.6) is 0 Å². The lowest BCUT2D eigenvalue weighted by Gasteiger charge is -2.16. The quantitative estimate of drug-likeness (QED) is 0.171. The molecule has 0 aliphatic carbocycles. The van der Waals surface area contributed by atoms with E-state index in [9.17, 15) is 5.26 Å². The fraction of sp³-hybridized carbons (Fsp3) is 0. The summed E-state index contributed by atoms with van der Waals surface area (Å²) in [5.41, 5.74) is 11.2. The first kappa shape index (κ1) is 29.5. The Morgan fingerprint density at radius 2 is 0.849 bits per heavy atom. The van der Waals surface area contributed by atoms with Crippen molar-refractivity contribution >= 4 is 64.9 Å². The number of rotatable bonds is 4. The van der Waals surface area contributed by atoms with E-state index in [4.69, 9.17) is 0 Å². The molecule has 0 saturated heterocycles. The molecule has 11 rings (SSSR count). The molecular weight excluding hydrogens is 641 g/mol. The minimum absolute atomic E-state index is 0.669. The molecule has 0 aliphatic heterocycles. The Morgan fingerprint density at radius 3 is 1.45 bits per heavy atom. The Bertz CT molecular complexity index is 3260. The summed E-state index contributed by atoms with van der Waals surface area (Å²) in [4.78, 5) is 0. The van der Waals surface area contributed by atoms with Gasteiger partial charge < -0.3 is 4.57 Å². The summed E-state index contributed by atoms with van der Waals surface area (Å²) in [6.07, 6.45) is 0. The minimum Gasteiger partial charge on any atom is -0.309 e. The van der Waals surface area contributed by atoms with Gasteiger partial charge in [0, 0.05) is 16.5 Å². The number of nitriles is 1. The van der Waals surface area contributed by atoms with E-state index in [1.165, 1.54) is 70.7 Å². The molecule has 53 heavy (non-hydrogen) atoms. The molecule has 0 amide bonds. The third-order valence-electron chi connectivity index (χ3n) is 11.1. The topological polar surface area (TPSA) is 28.7 Å². The second-order valence-corrected chi connectivity index (χ2v) is 14.0. The van der Waals surface area contributed by atoms with Gasteiger partial charge in [-0.05, 0) is 125 Å². The van der Waals surface area contributed by atoms with Crippen LogP contribution in [0, 0.1) is 11.3 Å². The van der Waals surface area contributed by atoms with Crippen molar-refractivity contribution < 1.29 is 0 Å². The van der Waals surface area contributed by atoms with E-state index in [0.717, 1.165) is 33.2 Å². The maximum atomic E-state index is 9.89. The van der Waals surface area contributed by atoms with Gasteiger partial charge >= 0.3 is 0 Å². The first-order chi connectivity index (χ1) is 26.2. The normalized spacial score (nSPS) is 11.8. The predicted octanol–water partition coefficient (Wildman–Crippen LogP) is 13.7. The van der Waals surface area contributed by atoms with E-state index in [-0.39, 0.29) is 0 Å². The lowest BCUT2D eigenvalue weighted by Crippen LogP contribution is -1.94. The van der Waals surface area contributed by atoms with Crippen LogP contribution in [0.1, 0.15) is 5.56 Å². The number of hydrogen-bond donors (Lipinski definition) is 0. The van der Waals surface area contributed by atoms with Gasteiger partial charge in [-0.25, -0.2) is 0 Å². The fourth-order valence-electron chi connectivity index (χ4n) is 8.74. The molecule has 2 heteroatoms. The van der Waals surface area contributed by atoms with Crippen molar-refractivity contribution in [2.45, 2.75) is 0 Å². The molecule has 0 radical (unpaired) electrons. The number of benzene rings is 10. The number of fused-ring (bicyclic) bond motifs is 5. The van der Waals surface area contributed by atoms with Crippen molar-refractivity contribution in [2.75, 3.05) is 0 Å². The predicted molar refractivity (Wildman–Crippen MR) is 223 cm³/mol. The molecule has 244 valence electrons. The van der Waals surface area contributed by atoms with Crippen molar-refractivity contribution in [1.29, 1.82) is 5.26 Å². The van der Waals surface area contributed by atoms with Gasteiger partial charge in [-0.1, -0.05) is 133 Å². The molecule has 2 nitrogen and oxygen atoms in total. The first-order valence-electron chi connectivity index (χ1n) is 18.1. The Hall–Kier alpha value is -7.21. The second-order valence-electron chi connectivity index (χ2n) is 14.0. The number of hydrogen-bond acceptors (Lipinski definition) is 1.